The van der Waals surface area contributed by atoms with Gasteiger partial charge in [0, 0.05) is 12.3 Å². The lowest BCUT2D eigenvalue weighted by molar-refractivity contribution is -0.151. The molecule has 0 amide bonds. The molecule has 1 N–H and O–H groups in total. The summed E-state index contributed by atoms with van der Waals surface area (Å²) in [5, 5.41) is 10.7. The quantitative estimate of drug-likeness (QED) is 0.658. The molecule has 6 nitrogen and oxygen atoms in total. The molecule has 0 aromatic heterocycles. The van der Waals surface area contributed by atoms with Crippen LogP contribution >= 0.6 is 0 Å². The SMILES string of the molecule is COC(=O)c1ccc(C2C(C(C)=O)C(=O)CC(C)(O)C2C(C)=O)cc1. The molecule has 4 atom stereocenters. The number of hydrogen-bond donors (Lipinski definition) is 1. The molecular formula is C19H22O6. The van der Waals surface area contributed by atoms with E-state index in [0.29, 0.717) is 11.1 Å². The van der Waals surface area contributed by atoms with E-state index in [1.165, 1.54) is 40.0 Å². The van der Waals surface area contributed by atoms with E-state index in [9.17, 15) is 24.3 Å². The summed E-state index contributed by atoms with van der Waals surface area (Å²) in [6.45, 7) is 4.11. The monoisotopic (exact) mass is 346 g/mol. The highest BCUT2D eigenvalue weighted by Crippen LogP contribution is 2.46. The Morgan fingerprint density at radius 3 is 2.12 bits per heavy atom. The zero-order valence-electron chi connectivity index (χ0n) is 14.7. The summed E-state index contributed by atoms with van der Waals surface area (Å²) < 4.78 is 4.65. The summed E-state index contributed by atoms with van der Waals surface area (Å²) in [5.41, 5.74) is -0.652. The van der Waals surface area contributed by atoms with Crippen LogP contribution in [0.1, 0.15) is 49.0 Å². The lowest BCUT2D eigenvalue weighted by Crippen LogP contribution is -2.53. The van der Waals surface area contributed by atoms with Crippen molar-refractivity contribution in [3.8, 4) is 0 Å². The number of ketones is 3. The van der Waals surface area contributed by atoms with Gasteiger partial charge >= 0.3 is 5.97 Å². The van der Waals surface area contributed by atoms with Gasteiger partial charge in [-0.05, 0) is 38.5 Å². The van der Waals surface area contributed by atoms with Gasteiger partial charge in [-0.1, -0.05) is 12.1 Å². The number of methoxy groups -OCH3 is 1. The zero-order chi connectivity index (χ0) is 18.9. The molecule has 0 saturated heterocycles. The molecule has 6 heteroatoms. The highest BCUT2D eigenvalue weighted by atomic mass is 16.5. The second kappa shape index (κ2) is 6.88. The third-order valence-electron chi connectivity index (χ3n) is 4.86. The maximum atomic E-state index is 12.5. The highest BCUT2D eigenvalue weighted by molar-refractivity contribution is 6.05. The van der Waals surface area contributed by atoms with Gasteiger partial charge in [-0.25, -0.2) is 4.79 Å². The number of benzene rings is 1. The van der Waals surface area contributed by atoms with Gasteiger partial charge in [0.15, 0.2) is 0 Å². The predicted octanol–water partition coefficient (Wildman–Crippen LogP) is 1.69. The minimum absolute atomic E-state index is 0.238. The lowest BCUT2D eigenvalue weighted by Gasteiger charge is -2.44. The second-order valence-electron chi connectivity index (χ2n) is 6.82. The fraction of sp³-hybridized carbons (Fsp3) is 0.474. The summed E-state index contributed by atoms with van der Waals surface area (Å²) >= 11 is 0. The lowest BCUT2D eigenvalue weighted by atomic mass is 9.60. The fourth-order valence-electron chi connectivity index (χ4n) is 3.87. The summed E-state index contributed by atoms with van der Waals surface area (Å²) in [4.78, 5) is 48.4. The van der Waals surface area contributed by atoms with Gasteiger partial charge in [0.2, 0.25) is 0 Å². The van der Waals surface area contributed by atoms with E-state index >= 15 is 0 Å². The summed E-state index contributed by atoms with van der Waals surface area (Å²) in [5.74, 6) is -4.15. The maximum Gasteiger partial charge on any atom is 0.337 e. The van der Waals surface area contributed by atoms with Crippen molar-refractivity contribution in [2.75, 3.05) is 7.11 Å². The average molecular weight is 346 g/mol. The standard InChI is InChI=1S/C19H22O6/c1-10(20)15-14(22)9-19(3,24)17(11(2)21)16(15)12-5-7-13(8-6-12)18(23)25-4/h5-8,15-17,24H,9H2,1-4H3. The number of rotatable bonds is 4. The van der Waals surface area contributed by atoms with Crippen LogP contribution in [0, 0.1) is 11.8 Å². The number of ether oxygens (including phenoxy) is 1. The van der Waals surface area contributed by atoms with Gasteiger partial charge in [0.05, 0.1) is 30.1 Å². The normalized spacial score (nSPS) is 29.2. The molecule has 1 aromatic carbocycles. The molecule has 134 valence electrons. The van der Waals surface area contributed by atoms with Gasteiger partial charge in [-0.15, -0.1) is 0 Å². The van der Waals surface area contributed by atoms with Crippen LogP contribution in [0.2, 0.25) is 0 Å². The Hall–Kier alpha value is -2.34. The van der Waals surface area contributed by atoms with Crippen molar-refractivity contribution in [1.82, 2.24) is 0 Å². The molecule has 1 aromatic rings. The molecule has 2 rings (SSSR count). The number of hydrogen-bond acceptors (Lipinski definition) is 6. The molecule has 25 heavy (non-hydrogen) atoms. The van der Waals surface area contributed by atoms with E-state index in [4.69, 9.17) is 0 Å². The Balaban J connectivity index is 2.56. The van der Waals surface area contributed by atoms with Crippen LogP contribution in [-0.4, -0.2) is 41.1 Å². The van der Waals surface area contributed by atoms with Crippen molar-refractivity contribution in [2.45, 2.75) is 38.7 Å². The third kappa shape index (κ3) is 3.54. The van der Waals surface area contributed by atoms with Crippen molar-refractivity contribution in [3.05, 3.63) is 35.4 Å². The molecule has 1 aliphatic rings. The van der Waals surface area contributed by atoms with Gasteiger partial charge in [0.1, 0.15) is 17.3 Å². The van der Waals surface area contributed by atoms with E-state index in [-0.39, 0.29) is 23.8 Å². The summed E-state index contributed by atoms with van der Waals surface area (Å²) in [7, 11) is 1.27. The van der Waals surface area contributed by atoms with E-state index < -0.39 is 29.3 Å². The van der Waals surface area contributed by atoms with Crippen LogP contribution in [-0.2, 0) is 19.1 Å². The van der Waals surface area contributed by atoms with Gasteiger partial charge in [0.25, 0.3) is 0 Å². The number of carbonyl (C=O) groups is 4. The molecule has 1 fully saturated rings. The Bertz CT molecular complexity index is 716. The smallest absolute Gasteiger partial charge is 0.337 e. The van der Waals surface area contributed by atoms with Crippen molar-refractivity contribution in [1.29, 1.82) is 0 Å². The zero-order valence-corrected chi connectivity index (χ0v) is 14.7. The Labute approximate surface area is 146 Å². The molecule has 0 radical (unpaired) electrons. The first-order valence-electron chi connectivity index (χ1n) is 8.04. The van der Waals surface area contributed by atoms with E-state index in [1.54, 1.807) is 12.1 Å². The minimum Gasteiger partial charge on any atom is -0.465 e. The van der Waals surface area contributed by atoms with E-state index in [0.717, 1.165) is 0 Å². The largest absolute Gasteiger partial charge is 0.465 e. The average Bonchev–Trinajstić information content (AvgIpc) is 2.51. The van der Waals surface area contributed by atoms with E-state index in [1.807, 2.05) is 0 Å². The Kier molecular flexibility index (Phi) is 5.23. The molecule has 1 saturated carbocycles. The van der Waals surface area contributed by atoms with Crippen molar-refractivity contribution >= 4 is 23.3 Å². The molecule has 4 unspecified atom stereocenters. The Morgan fingerprint density at radius 2 is 1.68 bits per heavy atom. The predicted molar refractivity (Wildman–Crippen MR) is 89.1 cm³/mol. The topological polar surface area (TPSA) is 97.7 Å². The first kappa shape index (κ1) is 19.0. The summed E-state index contributed by atoms with van der Waals surface area (Å²) in [6.07, 6.45) is -0.238. The van der Waals surface area contributed by atoms with Gasteiger partial charge in [-0.3, -0.25) is 14.4 Å². The van der Waals surface area contributed by atoms with Crippen LogP contribution in [0.15, 0.2) is 24.3 Å². The molecule has 0 spiro atoms. The molecular weight excluding hydrogens is 324 g/mol. The number of aliphatic hydroxyl groups is 1. The number of esters is 1. The number of carbonyl (C=O) groups excluding carboxylic acids is 4. The first-order chi connectivity index (χ1) is 11.6. The molecule has 0 aliphatic heterocycles. The van der Waals surface area contributed by atoms with Crippen molar-refractivity contribution < 1.29 is 29.0 Å². The number of Topliss-reactive ketones (excluding diaryl/α,β-unsaturated/α-hetero) is 3. The summed E-state index contributed by atoms with van der Waals surface area (Å²) in [6, 6.07) is 6.22. The third-order valence-corrected chi connectivity index (χ3v) is 4.86. The molecule has 0 heterocycles. The van der Waals surface area contributed by atoms with Crippen LogP contribution in [0.4, 0.5) is 0 Å². The van der Waals surface area contributed by atoms with Gasteiger partial charge in [-0.2, -0.15) is 0 Å². The first-order valence-corrected chi connectivity index (χ1v) is 8.04. The molecule has 0 bridgehead atoms. The fourth-order valence-corrected chi connectivity index (χ4v) is 3.87. The van der Waals surface area contributed by atoms with Crippen molar-refractivity contribution in [2.24, 2.45) is 11.8 Å². The van der Waals surface area contributed by atoms with Crippen LogP contribution < -0.4 is 0 Å². The van der Waals surface area contributed by atoms with Crippen LogP contribution in [0.3, 0.4) is 0 Å². The van der Waals surface area contributed by atoms with Gasteiger partial charge < -0.3 is 9.84 Å². The maximum absolute atomic E-state index is 12.5. The van der Waals surface area contributed by atoms with Crippen molar-refractivity contribution in [3.63, 3.8) is 0 Å². The second-order valence-corrected chi connectivity index (χ2v) is 6.82. The minimum atomic E-state index is -1.53. The van der Waals surface area contributed by atoms with Crippen LogP contribution in [0.5, 0.6) is 0 Å². The Morgan fingerprint density at radius 1 is 1.12 bits per heavy atom. The molecule has 1 aliphatic carbocycles. The highest BCUT2D eigenvalue weighted by Gasteiger charge is 2.53. The van der Waals surface area contributed by atoms with E-state index in [2.05, 4.69) is 4.74 Å². The van der Waals surface area contributed by atoms with Crippen LogP contribution in [0.25, 0.3) is 0 Å².